The van der Waals surface area contributed by atoms with Crippen molar-refractivity contribution in [2.24, 2.45) is 10.9 Å². The van der Waals surface area contributed by atoms with E-state index in [4.69, 9.17) is 5.84 Å². The molecule has 0 radical (unpaired) electrons. The van der Waals surface area contributed by atoms with Gasteiger partial charge in [0.2, 0.25) is 0 Å². The number of nitrogens with zero attached hydrogens (tertiary/aromatic N) is 1. The molecule has 0 aliphatic carbocycles. The van der Waals surface area contributed by atoms with Gasteiger partial charge in [-0.1, -0.05) is 0 Å². The third-order valence-corrected chi connectivity index (χ3v) is 0.864. The Hall–Kier alpha value is -0.610. The molecule has 0 bridgehead atoms. The van der Waals surface area contributed by atoms with Crippen LogP contribution in [0, 0.1) is 0 Å². The zero-order chi connectivity index (χ0) is 5.11. The van der Waals surface area contributed by atoms with Crippen molar-refractivity contribution >= 4 is 6.21 Å². The molecule has 1 rings (SSSR count). The molecule has 4 heteroatoms. The third kappa shape index (κ3) is 0.880. The van der Waals surface area contributed by atoms with E-state index in [2.05, 4.69) is 16.0 Å². The molecule has 4 N–H and O–H groups in total. The van der Waals surface area contributed by atoms with Gasteiger partial charge in [-0.05, 0) is 0 Å². The number of hydrazone groups is 1. The maximum atomic E-state index is 5.04. The minimum atomic E-state index is 0.153. The van der Waals surface area contributed by atoms with Gasteiger partial charge in [0.15, 0.2) is 0 Å². The molecule has 0 aromatic rings. The second-order valence-corrected chi connectivity index (χ2v) is 1.40. The Labute approximate surface area is 41.7 Å². The molecule has 0 amide bonds. The fourth-order valence-corrected chi connectivity index (χ4v) is 0.459. The van der Waals surface area contributed by atoms with Gasteiger partial charge < -0.3 is 0 Å². The molecule has 0 spiro atoms. The highest BCUT2D eigenvalue weighted by molar-refractivity contribution is 5.59. The van der Waals surface area contributed by atoms with Crippen LogP contribution in [0.25, 0.3) is 0 Å². The maximum absolute atomic E-state index is 5.04. The van der Waals surface area contributed by atoms with E-state index < -0.39 is 0 Å². The van der Waals surface area contributed by atoms with Crippen molar-refractivity contribution in [3.05, 3.63) is 0 Å². The van der Waals surface area contributed by atoms with E-state index in [-0.39, 0.29) is 6.17 Å². The second kappa shape index (κ2) is 1.90. The number of hydrazine groups is 1. The van der Waals surface area contributed by atoms with E-state index in [0.717, 1.165) is 6.42 Å². The molecule has 4 nitrogen and oxygen atoms in total. The Kier molecular flexibility index (Phi) is 1.24. The first-order chi connectivity index (χ1) is 3.43. The number of hydrogen-bond donors (Lipinski definition) is 3. The summed E-state index contributed by atoms with van der Waals surface area (Å²) < 4.78 is 0. The fraction of sp³-hybridized carbons (Fsp3) is 0.667. The van der Waals surface area contributed by atoms with Crippen molar-refractivity contribution < 1.29 is 0 Å². The molecule has 1 unspecified atom stereocenters. The van der Waals surface area contributed by atoms with Crippen LogP contribution in [0.3, 0.4) is 0 Å². The highest BCUT2D eigenvalue weighted by Gasteiger charge is 2.04. The largest absolute Gasteiger partial charge is 0.292 e. The molecule has 0 saturated heterocycles. The van der Waals surface area contributed by atoms with Crippen molar-refractivity contribution in [2.75, 3.05) is 0 Å². The van der Waals surface area contributed by atoms with E-state index in [0.29, 0.717) is 0 Å². The summed E-state index contributed by atoms with van der Waals surface area (Å²) in [6, 6.07) is 0. The molecular formula is C3H8N4. The monoisotopic (exact) mass is 100 g/mol. The minimum Gasteiger partial charge on any atom is -0.292 e. The van der Waals surface area contributed by atoms with Gasteiger partial charge in [-0.25, -0.2) is 5.43 Å². The van der Waals surface area contributed by atoms with Crippen LogP contribution in [0.4, 0.5) is 0 Å². The number of nitrogens with one attached hydrogen (secondary N) is 2. The van der Waals surface area contributed by atoms with Crippen molar-refractivity contribution in [1.29, 1.82) is 0 Å². The van der Waals surface area contributed by atoms with Gasteiger partial charge in [-0.3, -0.25) is 11.3 Å². The predicted molar refractivity (Wildman–Crippen MR) is 27.4 cm³/mol. The third-order valence-electron chi connectivity index (χ3n) is 0.864. The standard InChI is InChI=1S/C3H8N4/c4-6-3-1-2-5-7-3/h2-3,6-7H,1,4H2. The van der Waals surface area contributed by atoms with E-state index >= 15 is 0 Å². The van der Waals surface area contributed by atoms with Crippen molar-refractivity contribution in [3.8, 4) is 0 Å². The van der Waals surface area contributed by atoms with Crippen LogP contribution >= 0.6 is 0 Å². The van der Waals surface area contributed by atoms with Gasteiger partial charge in [0.1, 0.15) is 6.17 Å². The van der Waals surface area contributed by atoms with Crippen LogP contribution in [0.2, 0.25) is 0 Å². The lowest BCUT2D eigenvalue weighted by Crippen LogP contribution is -2.41. The molecule has 0 aromatic heterocycles. The highest BCUT2D eigenvalue weighted by Crippen LogP contribution is 1.87. The van der Waals surface area contributed by atoms with Gasteiger partial charge in [-0.2, -0.15) is 5.10 Å². The van der Waals surface area contributed by atoms with Crippen molar-refractivity contribution in [2.45, 2.75) is 12.6 Å². The zero-order valence-corrected chi connectivity index (χ0v) is 3.89. The fourth-order valence-electron chi connectivity index (χ4n) is 0.459. The normalized spacial score (nSPS) is 27.9. The average molecular weight is 100 g/mol. The van der Waals surface area contributed by atoms with E-state index in [1.165, 1.54) is 0 Å². The summed E-state index contributed by atoms with van der Waals surface area (Å²) in [7, 11) is 0. The number of nitrogens with two attached hydrogens (primary N) is 1. The highest BCUT2D eigenvalue weighted by atomic mass is 15.4. The van der Waals surface area contributed by atoms with Crippen LogP contribution < -0.4 is 16.7 Å². The minimum absolute atomic E-state index is 0.153. The van der Waals surface area contributed by atoms with Gasteiger partial charge in [0.05, 0.1) is 0 Å². The Morgan fingerprint density at radius 3 is 3.14 bits per heavy atom. The molecule has 40 valence electrons. The molecule has 1 aliphatic heterocycles. The molecular weight excluding hydrogens is 92.1 g/mol. The van der Waals surface area contributed by atoms with Crippen LogP contribution in [0.5, 0.6) is 0 Å². The summed E-state index contributed by atoms with van der Waals surface area (Å²) in [5.74, 6) is 5.04. The van der Waals surface area contributed by atoms with Crippen molar-refractivity contribution in [1.82, 2.24) is 10.9 Å². The van der Waals surface area contributed by atoms with E-state index in [1.54, 1.807) is 6.21 Å². The van der Waals surface area contributed by atoms with Gasteiger partial charge in [-0.15, -0.1) is 0 Å². The molecule has 0 saturated carbocycles. The summed E-state index contributed by atoms with van der Waals surface area (Å²) in [5.41, 5.74) is 5.27. The summed E-state index contributed by atoms with van der Waals surface area (Å²) in [6.07, 6.45) is 2.81. The zero-order valence-electron chi connectivity index (χ0n) is 3.89. The summed E-state index contributed by atoms with van der Waals surface area (Å²) in [6.45, 7) is 0. The van der Waals surface area contributed by atoms with Crippen molar-refractivity contribution in [3.63, 3.8) is 0 Å². The molecule has 1 aliphatic rings. The Morgan fingerprint density at radius 2 is 2.86 bits per heavy atom. The first-order valence-corrected chi connectivity index (χ1v) is 2.16. The smallest absolute Gasteiger partial charge is 0.110 e. The van der Waals surface area contributed by atoms with E-state index in [1.807, 2.05) is 0 Å². The second-order valence-electron chi connectivity index (χ2n) is 1.40. The molecule has 1 atom stereocenters. The summed E-state index contributed by atoms with van der Waals surface area (Å²) in [5, 5.41) is 3.72. The first-order valence-electron chi connectivity index (χ1n) is 2.16. The lowest BCUT2D eigenvalue weighted by molar-refractivity contribution is 0.486. The lowest BCUT2D eigenvalue weighted by Gasteiger charge is -2.04. The Balaban J connectivity index is 2.22. The van der Waals surface area contributed by atoms with Crippen LogP contribution in [0.15, 0.2) is 5.10 Å². The van der Waals surface area contributed by atoms with Gasteiger partial charge in [0.25, 0.3) is 0 Å². The maximum Gasteiger partial charge on any atom is 0.110 e. The van der Waals surface area contributed by atoms with Crippen LogP contribution in [0.1, 0.15) is 6.42 Å². The first kappa shape index (κ1) is 4.55. The predicted octanol–water partition coefficient (Wildman–Crippen LogP) is -1.25. The molecule has 0 aromatic carbocycles. The topological polar surface area (TPSA) is 62.4 Å². The Bertz CT molecular complexity index is 71.0. The van der Waals surface area contributed by atoms with E-state index in [9.17, 15) is 0 Å². The summed E-state index contributed by atoms with van der Waals surface area (Å²) >= 11 is 0. The molecule has 7 heavy (non-hydrogen) atoms. The SMILES string of the molecule is NNC1CC=NN1. The quantitative estimate of drug-likeness (QED) is 0.285. The van der Waals surface area contributed by atoms with Crippen LogP contribution in [-0.2, 0) is 0 Å². The van der Waals surface area contributed by atoms with Gasteiger partial charge in [0, 0.05) is 12.6 Å². The molecule has 0 fully saturated rings. The number of rotatable bonds is 1. The van der Waals surface area contributed by atoms with Gasteiger partial charge >= 0.3 is 0 Å². The lowest BCUT2D eigenvalue weighted by atomic mass is 10.4. The Morgan fingerprint density at radius 1 is 2.00 bits per heavy atom. The number of hydrogen-bond acceptors (Lipinski definition) is 4. The molecule has 1 heterocycles. The van der Waals surface area contributed by atoms with Crippen LogP contribution in [-0.4, -0.2) is 12.4 Å². The average Bonchev–Trinajstić information content (AvgIpc) is 2.14. The summed E-state index contributed by atoms with van der Waals surface area (Å²) in [4.78, 5) is 0.